The fraction of sp³-hybridized carbons (Fsp3) is 0.333. The molecule has 0 amide bonds. The van der Waals surface area contributed by atoms with E-state index >= 15 is 0 Å². The van der Waals surface area contributed by atoms with Gasteiger partial charge in [0.2, 0.25) is 0 Å². The molecule has 0 aliphatic rings. The van der Waals surface area contributed by atoms with Gasteiger partial charge in [0, 0.05) is 12.6 Å². The summed E-state index contributed by atoms with van der Waals surface area (Å²) >= 11 is 0. The van der Waals surface area contributed by atoms with Crippen LogP contribution in [0.5, 0.6) is 0 Å². The molecule has 0 saturated heterocycles. The molecule has 104 valence electrons. The van der Waals surface area contributed by atoms with Crippen LogP contribution in [0.3, 0.4) is 0 Å². The van der Waals surface area contributed by atoms with Crippen molar-refractivity contribution in [1.82, 2.24) is 9.78 Å². The third kappa shape index (κ3) is 2.75. The summed E-state index contributed by atoms with van der Waals surface area (Å²) in [5.41, 5.74) is 9.26. The standard InChI is InChI=1S/C15H19N5/c1-10(2)20-15(14(17)11(3)19-20)18-9-13-6-4-5-12(7-13)8-16/h4-7,10,18H,9,17H2,1-3H3. The minimum absolute atomic E-state index is 0.235. The van der Waals surface area contributed by atoms with Crippen LogP contribution in [0.1, 0.15) is 36.7 Å². The molecule has 2 aromatic rings. The van der Waals surface area contributed by atoms with Crippen molar-refractivity contribution in [2.75, 3.05) is 11.1 Å². The van der Waals surface area contributed by atoms with E-state index in [-0.39, 0.29) is 6.04 Å². The summed E-state index contributed by atoms with van der Waals surface area (Å²) in [6.45, 7) is 6.63. The van der Waals surface area contributed by atoms with Crippen LogP contribution < -0.4 is 11.1 Å². The third-order valence-electron chi connectivity index (χ3n) is 3.14. The lowest BCUT2D eigenvalue weighted by Crippen LogP contribution is -2.11. The van der Waals surface area contributed by atoms with E-state index in [1.54, 1.807) is 6.07 Å². The Hall–Kier alpha value is -2.48. The molecule has 0 fully saturated rings. The maximum Gasteiger partial charge on any atom is 0.148 e. The average Bonchev–Trinajstić information content (AvgIpc) is 2.73. The fourth-order valence-corrected chi connectivity index (χ4v) is 2.05. The molecule has 2 rings (SSSR count). The zero-order chi connectivity index (χ0) is 14.7. The molecule has 0 aliphatic heterocycles. The van der Waals surface area contributed by atoms with Crippen LogP contribution >= 0.6 is 0 Å². The van der Waals surface area contributed by atoms with Crippen molar-refractivity contribution >= 4 is 11.5 Å². The topological polar surface area (TPSA) is 79.7 Å². The van der Waals surface area contributed by atoms with Crippen LogP contribution in [0.25, 0.3) is 0 Å². The summed E-state index contributed by atoms with van der Waals surface area (Å²) in [6.07, 6.45) is 0. The lowest BCUT2D eigenvalue weighted by molar-refractivity contribution is 0.534. The Morgan fingerprint density at radius 2 is 2.20 bits per heavy atom. The number of nitrogens with two attached hydrogens (primary N) is 1. The number of aromatic nitrogens is 2. The number of nitrogens with one attached hydrogen (secondary N) is 1. The number of nitrogens with zero attached hydrogens (tertiary/aromatic N) is 3. The molecule has 0 unspecified atom stereocenters. The van der Waals surface area contributed by atoms with Crippen LogP contribution in [0.2, 0.25) is 0 Å². The second kappa shape index (κ2) is 5.66. The number of anilines is 2. The molecule has 1 aromatic carbocycles. The molecule has 5 heteroatoms. The van der Waals surface area contributed by atoms with Gasteiger partial charge in [-0.15, -0.1) is 0 Å². The first-order valence-electron chi connectivity index (χ1n) is 6.60. The van der Waals surface area contributed by atoms with E-state index in [0.29, 0.717) is 17.8 Å². The summed E-state index contributed by atoms with van der Waals surface area (Å²) in [4.78, 5) is 0. The molecule has 3 N–H and O–H groups in total. The summed E-state index contributed by atoms with van der Waals surface area (Å²) in [5.74, 6) is 0.833. The van der Waals surface area contributed by atoms with Gasteiger partial charge in [0.15, 0.2) is 0 Å². The van der Waals surface area contributed by atoms with Gasteiger partial charge in [0.1, 0.15) is 5.82 Å². The second-order valence-electron chi connectivity index (χ2n) is 5.05. The first-order chi connectivity index (χ1) is 9.52. The smallest absolute Gasteiger partial charge is 0.148 e. The number of aryl methyl sites for hydroxylation is 1. The Morgan fingerprint density at radius 3 is 2.85 bits per heavy atom. The van der Waals surface area contributed by atoms with Crippen LogP contribution in [-0.2, 0) is 6.54 Å². The number of rotatable bonds is 4. The van der Waals surface area contributed by atoms with E-state index in [4.69, 9.17) is 11.0 Å². The highest BCUT2D eigenvalue weighted by molar-refractivity contribution is 5.65. The van der Waals surface area contributed by atoms with E-state index in [0.717, 1.165) is 17.1 Å². The highest BCUT2D eigenvalue weighted by atomic mass is 15.4. The highest BCUT2D eigenvalue weighted by Crippen LogP contribution is 2.26. The zero-order valence-corrected chi connectivity index (χ0v) is 12.0. The lowest BCUT2D eigenvalue weighted by atomic mass is 10.1. The van der Waals surface area contributed by atoms with E-state index in [2.05, 4.69) is 30.3 Å². The van der Waals surface area contributed by atoms with Crippen molar-refractivity contribution in [3.63, 3.8) is 0 Å². The van der Waals surface area contributed by atoms with Crippen LogP contribution in [0.15, 0.2) is 24.3 Å². The Balaban J connectivity index is 2.20. The van der Waals surface area contributed by atoms with E-state index in [1.807, 2.05) is 29.8 Å². The van der Waals surface area contributed by atoms with Gasteiger partial charge in [-0.1, -0.05) is 12.1 Å². The SMILES string of the molecule is Cc1nn(C(C)C)c(NCc2cccc(C#N)c2)c1N. The van der Waals surface area contributed by atoms with Gasteiger partial charge in [0.25, 0.3) is 0 Å². The molecule has 0 saturated carbocycles. The summed E-state index contributed by atoms with van der Waals surface area (Å²) in [6, 6.07) is 9.89. The third-order valence-corrected chi connectivity index (χ3v) is 3.14. The minimum atomic E-state index is 0.235. The maximum absolute atomic E-state index is 8.91. The van der Waals surface area contributed by atoms with Crippen molar-refractivity contribution in [1.29, 1.82) is 5.26 Å². The Morgan fingerprint density at radius 1 is 1.45 bits per heavy atom. The van der Waals surface area contributed by atoms with Crippen molar-refractivity contribution < 1.29 is 0 Å². The van der Waals surface area contributed by atoms with Gasteiger partial charge >= 0.3 is 0 Å². The normalized spacial score (nSPS) is 10.6. The minimum Gasteiger partial charge on any atom is -0.394 e. The lowest BCUT2D eigenvalue weighted by Gasteiger charge is -2.13. The molecule has 1 heterocycles. The molecule has 0 radical (unpaired) electrons. The summed E-state index contributed by atoms with van der Waals surface area (Å²) in [5, 5.41) is 16.7. The Labute approximate surface area is 119 Å². The van der Waals surface area contributed by atoms with Crippen LogP contribution in [-0.4, -0.2) is 9.78 Å². The Kier molecular flexibility index (Phi) is 3.94. The van der Waals surface area contributed by atoms with E-state index in [9.17, 15) is 0 Å². The Bertz CT molecular complexity index is 649. The fourth-order valence-electron chi connectivity index (χ4n) is 2.05. The van der Waals surface area contributed by atoms with Crippen LogP contribution in [0, 0.1) is 18.3 Å². The van der Waals surface area contributed by atoms with Crippen molar-refractivity contribution in [2.45, 2.75) is 33.4 Å². The quantitative estimate of drug-likeness (QED) is 0.894. The van der Waals surface area contributed by atoms with E-state index in [1.165, 1.54) is 0 Å². The number of nitriles is 1. The predicted molar refractivity (Wildman–Crippen MR) is 80.2 cm³/mol. The molecule has 0 bridgehead atoms. The molecule has 0 atom stereocenters. The number of hydrogen-bond acceptors (Lipinski definition) is 4. The molecular formula is C15H19N5. The molecule has 0 aliphatic carbocycles. The molecule has 5 nitrogen and oxygen atoms in total. The molecule has 20 heavy (non-hydrogen) atoms. The maximum atomic E-state index is 8.91. The number of hydrogen-bond donors (Lipinski definition) is 2. The average molecular weight is 269 g/mol. The van der Waals surface area contributed by atoms with Gasteiger partial charge in [-0.05, 0) is 38.5 Å². The van der Waals surface area contributed by atoms with Gasteiger partial charge in [-0.3, -0.25) is 0 Å². The summed E-state index contributed by atoms with van der Waals surface area (Å²) < 4.78 is 1.89. The summed E-state index contributed by atoms with van der Waals surface area (Å²) in [7, 11) is 0. The predicted octanol–water partition coefficient (Wildman–Crippen LogP) is 2.84. The van der Waals surface area contributed by atoms with Gasteiger partial charge in [-0.2, -0.15) is 10.4 Å². The highest BCUT2D eigenvalue weighted by Gasteiger charge is 2.14. The molecule has 1 aromatic heterocycles. The number of benzene rings is 1. The van der Waals surface area contributed by atoms with Gasteiger partial charge < -0.3 is 11.1 Å². The first kappa shape index (κ1) is 13.9. The van der Waals surface area contributed by atoms with Crippen molar-refractivity contribution in [3.8, 4) is 6.07 Å². The first-order valence-corrected chi connectivity index (χ1v) is 6.60. The zero-order valence-electron chi connectivity index (χ0n) is 12.0. The van der Waals surface area contributed by atoms with Gasteiger partial charge in [-0.25, -0.2) is 4.68 Å². The molecule has 0 spiro atoms. The van der Waals surface area contributed by atoms with Crippen molar-refractivity contribution in [3.05, 3.63) is 41.1 Å². The largest absolute Gasteiger partial charge is 0.394 e. The monoisotopic (exact) mass is 269 g/mol. The van der Waals surface area contributed by atoms with Gasteiger partial charge in [0.05, 0.1) is 23.0 Å². The second-order valence-corrected chi connectivity index (χ2v) is 5.05. The molecular weight excluding hydrogens is 250 g/mol. The van der Waals surface area contributed by atoms with Crippen molar-refractivity contribution in [2.24, 2.45) is 0 Å². The van der Waals surface area contributed by atoms with E-state index < -0.39 is 0 Å². The van der Waals surface area contributed by atoms with Crippen LogP contribution in [0.4, 0.5) is 11.5 Å². The number of nitrogen functional groups attached to an aromatic ring is 1.